The number of nitrogens with one attached hydrogen (secondary N) is 1. The van der Waals surface area contributed by atoms with E-state index in [1.807, 2.05) is 6.92 Å². The van der Waals surface area contributed by atoms with Crippen molar-refractivity contribution in [3.05, 3.63) is 0 Å². The highest BCUT2D eigenvalue weighted by Crippen LogP contribution is 2.28. The lowest BCUT2D eigenvalue weighted by molar-refractivity contribution is 0.0601. The fraction of sp³-hybridized carbons (Fsp3) is 1.00. The second-order valence-electron chi connectivity index (χ2n) is 5.65. The lowest BCUT2D eigenvalue weighted by Gasteiger charge is -2.40. The molecule has 3 N–H and O–H groups in total. The average Bonchev–Trinajstić information content (AvgIpc) is 2.83. The molecule has 2 heterocycles. The van der Waals surface area contributed by atoms with Crippen molar-refractivity contribution in [3.63, 3.8) is 0 Å². The highest BCUT2D eigenvalue weighted by atomic mass is 16.3. The monoisotopic (exact) mass is 242 g/mol. The van der Waals surface area contributed by atoms with Crippen molar-refractivity contribution in [3.8, 4) is 0 Å². The van der Waals surface area contributed by atoms with Crippen molar-refractivity contribution in [2.45, 2.75) is 56.7 Å². The first-order chi connectivity index (χ1) is 8.23. The van der Waals surface area contributed by atoms with Crippen molar-refractivity contribution < 1.29 is 10.2 Å². The van der Waals surface area contributed by atoms with E-state index in [9.17, 15) is 10.2 Å². The van der Waals surface area contributed by atoms with Gasteiger partial charge >= 0.3 is 0 Å². The summed E-state index contributed by atoms with van der Waals surface area (Å²) in [5, 5.41) is 22.4. The van der Waals surface area contributed by atoms with E-state index in [0.29, 0.717) is 6.04 Å². The zero-order valence-corrected chi connectivity index (χ0v) is 10.9. The smallest absolute Gasteiger partial charge is 0.0647 e. The van der Waals surface area contributed by atoms with Crippen LogP contribution >= 0.6 is 0 Å². The molecule has 0 radical (unpaired) electrons. The Hall–Kier alpha value is -0.160. The molecule has 0 amide bonds. The molecular weight excluding hydrogens is 216 g/mol. The zero-order chi connectivity index (χ0) is 12.3. The van der Waals surface area contributed by atoms with Gasteiger partial charge in [-0.1, -0.05) is 6.92 Å². The summed E-state index contributed by atoms with van der Waals surface area (Å²) in [6, 6.07) is 1.18. The van der Waals surface area contributed by atoms with Crippen LogP contribution in [-0.4, -0.2) is 59.0 Å². The molecule has 2 aliphatic heterocycles. The van der Waals surface area contributed by atoms with Crippen LogP contribution in [0.2, 0.25) is 0 Å². The Morgan fingerprint density at radius 2 is 2.00 bits per heavy atom. The number of nitrogens with zero attached hydrogens (tertiary/aromatic N) is 1. The predicted molar refractivity (Wildman–Crippen MR) is 67.9 cm³/mol. The molecule has 0 aromatic carbocycles. The van der Waals surface area contributed by atoms with E-state index in [-0.39, 0.29) is 13.2 Å². The summed E-state index contributed by atoms with van der Waals surface area (Å²) in [7, 11) is 0. The van der Waals surface area contributed by atoms with Crippen LogP contribution < -0.4 is 5.32 Å². The van der Waals surface area contributed by atoms with Crippen LogP contribution in [0.4, 0.5) is 0 Å². The van der Waals surface area contributed by atoms with E-state index in [0.717, 1.165) is 18.9 Å². The van der Waals surface area contributed by atoms with Crippen molar-refractivity contribution in [1.29, 1.82) is 0 Å². The Kier molecular flexibility index (Phi) is 4.42. The maximum absolute atomic E-state index is 9.46. The molecule has 0 aromatic heterocycles. The predicted octanol–water partition coefficient (Wildman–Crippen LogP) is 0.336. The molecule has 4 nitrogen and oxygen atoms in total. The molecule has 4 heteroatoms. The third-order valence-corrected chi connectivity index (χ3v) is 4.61. The first kappa shape index (κ1) is 13.3. The molecule has 2 atom stereocenters. The minimum absolute atomic E-state index is 0.0187. The summed E-state index contributed by atoms with van der Waals surface area (Å²) in [5.41, 5.74) is -0.481. The molecule has 0 aromatic rings. The van der Waals surface area contributed by atoms with Gasteiger partial charge in [-0.25, -0.2) is 0 Å². The topological polar surface area (TPSA) is 55.7 Å². The number of piperidine rings is 1. The molecule has 2 unspecified atom stereocenters. The van der Waals surface area contributed by atoms with Crippen molar-refractivity contribution in [2.75, 3.05) is 26.3 Å². The molecule has 0 bridgehead atoms. The van der Waals surface area contributed by atoms with Gasteiger partial charge in [0.05, 0.1) is 18.8 Å². The summed E-state index contributed by atoms with van der Waals surface area (Å²) in [5.74, 6) is 0. The third kappa shape index (κ3) is 2.81. The third-order valence-electron chi connectivity index (χ3n) is 4.61. The van der Waals surface area contributed by atoms with Gasteiger partial charge < -0.3 is 20.4 Å². The van der Waals surface area contributed by atoms with Gasteiger partial charge in [0.1, 0.15) is 0 Å². The number of rotatable bonds is 5. The number of aliphatic hydroxyl groups is 2. The summed E-state index contributed by atoms with van der Waals surface area (Å²) >= 11 is 0. The number of hydrogen-bond donors (Lipinski definition) is 3. The van der Waals surface area contributed by atoms with Gasteiger partial charge in [-0.15, -0.1) is 0 Å². The molecular formula is C13H26N2O2. The van der Waals surface area contributed by atoms with Gasteiger partial charge in [-0.2, -0.15) is 0 Å². The van der Waals surface area contributed by atoms with Crippen molar-refractivity contribution >= 4 is 0 Å². The largest absolute Gasteiger partial charge is 0.394 e. The van der Waals surface area contributed by atoms with Crippen LogP contribution in [0.15, 0.2) is 0 Å². The summed E-state index contributed by atoms with van der Waals surface area (Å²) in [4.78, 5) is 2.59. The minimum atomic E-state index is -0.481. The molecule has 17 heavy (non-hydrogen) atoms. The van der Waals surface area contributed by atoms with Gasteiger partial charge in [-0.3, -0.25) is 0 Å². The van der Waals surface area contributed by atoms with Gasteiger partial charge in [0, 0.05) is 12.1 Å². The number of aliphatic hydroxyl groups excluding tert-OH is 2. The Labute approximate surface area is 104 Å². The Bertz CT molecular complexity index is 235. The maximum atomic E-state index is 9.46. The van der Waals surface area contributed by atoms with E-state index >= 15 is 0 Å². The molecule has 2 aliphatic rings. The molecule has 0 aliphatic carbocycles. The van der Waals surface area contributed by atoms with Crippen LogP contribution in [0.1, 0.15) is 39.0 Å². The highest BCUT2D eigenvalue weighted by molar-refractivity contribution is 4.95. The van der Waals surface area contributed by atoms with Crippen LogP contribution in [0.25, 0.3) is 0 Å². The number of hydrogen-bond acceptors (Lipinski definition) is 4. The molecule has 0 spiro atoms. The summed E-state index contributed by atoms with van der Waals surface area (Å²) in [6.07, 6.45) is 5.72. The standard InChI is InChI=1S/C13H26N2O2/c1-2-13(9-16,10-17)14-11-5-7-15-6-3-4-12(15)8-11/h11-12,14,16-17H,2-10H2,1H3. The van der Waals surface area contributed by atoms with Crippen LogP contribution in [0, 0.1) is 0 Å². The zero-order valence-electron chi connectivity index (χ0n) is 10.9. The highest BCUT2D eigenvalue weighted by Gasteiger charge is 2.35. The van der Waals surface area contributed by atoms with Crippen LogP contribution in [0.5, 0.6) is 0 Å². The van der Waals surface area contributed by atoms with Gasteiger partial charge in [0.15, 0.2) is 0 Å². The number of fused-ring (bicyclic) bond motifs is 1. The lowest BCUT2D eigenvalue weighted by atomic mass is 9.91. The maximum Gasteiger partial charge on any atom is 0.0647 e. The van der Waals surface area contributed by atoms with Gasteiger partial charge in [0.2, 0.25) is 0 Å². The minimum Gasteiger partial charge on any atom is -0.394 e. The fourth-order valence-corrected chi connectivity index (χ4v) is 3.26. The second-order valence-corrected chi connectivity index (χ2v) is 5.65. The average molecular weight is 242 g/mol. The summed E-state index contributed by atoms with van der Waals surface area (Å²) in [6.45, 7) is 4.48. The molecule has 2 rings (SSSR count). The van der Waals surface area contributed by atoms with Gasteiger partial charge in [0.25, 0.3) is 0 Å². The van der Waals surface area contributed by atoms with E-state index in [2.05, 4.69) is 10.2 Å². The molecule has 100 valence electrons. The van der Waals surface area contributed by atoms with E-state index in [1.54, 1.807) is 0 Å². The van der Waals surface area contributed by atoms with Crippen LogP contribution in [0.3, 0.4) is 0 Å². The SMILES string of the molecule is CCC(CO)(CO)NC1CCN2CCCC2C1. The van der Waals surface area contributed by atoms with Crippen LogP contribution in [-0.2, 0) is 0 Å². The van der Waals surface area contributed by atoms with E-state index in [4.69, 9.17) is 0 Å². The molecule has 0 saturated carbocycles. The Morgan fingerprint density at radius 3 is 2.65 bits per heavy atom. The quantitative estimate of drug-likeness (QED) is 0.650. The lowest BCUT2D eigenvalue weighted by Crippen LogP contribution is -2.58. The normalized spacial score (nSPS) is 30.5. The van der Waals surface area contributed by atoms with E-state index in [1.165, 1.54) is 32.4 Å². The second kappa shape index (κ2) is 5.65. The first-order valence-electron chi connectivity index (χ1n) is 6.96. The fourth-order valence-electron chi connectivity index (χ4n) is 3.26. The summed E-state index contributed by atoms with van der Waals surface area (Å²) < 4.78 is 0. The van der Waals surface area contributed by atoms with Crippen molar-refractivity contribution in [1.82, 2.24) is 10.2 Å². The Morgan fingerprint density at radius 1 is 1.24 bits per heavy atom. The Balaban J connectivity index is 1.90. The van der Waals surface area contributed by atoms with Crippen molar-refractivity contribution in [2.24, 2.45) is 0 Å². The molecule has 2 fully saturated rings. The first-order valence-corrected chi connectivity index (χ1v) is 6.96. The van der Waals surface area contributed by atoms with Gasteiger partial charge in [-0.05, 0) is 45.2 Å². The van der Waals surface area contributed by atoms with E-state index < -0.39 is 5.54 Å². The molecule has 2 saturated heterocycles.